The van der Waals surface area contributed by atoms with Crippen LogP contribution < -0.4 is 5.73 Å². The minimum atomic E-state index is -4.45. The van der Waals surface area contributed by atoms with Gasteiger partial charge in [0, 0.05) is 18.5 Å². The number of alkyl halides is 3. The highest BCUT2D eigenvalue weighted by molar-refractivity contribution is 5.85. The molecule has 1 atom stereocenters. The molecule has 17 heavy (non-hydrogen) atoms. The lowest BCUT2D eigenvalue weighted by Crippen LogP contribution is -2.07. The number of nitrogens with zero attached hydrogens (tertiary/aromatic N) is 2. The Morgan fingerprint density at radius 1 is 1.35 bits per heavy atom. The van der Waals surface area contributed by atoms with Crippen molar-refractivity contribution in [3.05, 3.63) is 29.5 Å². The van der Waals surface area contributed by atoms with Gasteiger partial charge in [-0.2, -0.15) is 18.3 Å². The van der Waals surface area contributed by atoms with Gasteiger partial charge < -0.3 is 5.73 Å². The molecule has 0 radical (unpaired) electrons. The number of benzene rings is 1. The first-order chi connectivity index (χ1) is 7.82. The van der Waals surface area contributed by atoms with Crippen LogP contribution in [0.1, 0.15) is 24.2 Å². The van der Waals surface area contributed by atoms with Crippen LogP contribution in [0.3, 0.4) is 0 Å². The molecule has 1 aromatic carbocycles. The molecule has 0 saturated heterocycles. The maximum Gasteiger partial charge on any atom is 0.435 e. The monoisotopic (exact) mass is 243 g/mol. The standard InChI is InChI=1S/C11H12F3N3/c1-6(15)7-4-3-5-8-9(7)17(2)16-10(8)11(12,13)14/h3-6H,15H2,1-2H3. The number of fused-ring (bicyclic) bond motifs is 1. The number of rotatable bonds is 1. The number of para-hydroxylation sites is 1. The topological polar surface area (TPSA) is 43.8 Å². The van der Waals surface area contributed by atoms with Crippen molar-refractivity contribution in [2.75, 3.05) is 0 Å². The molecule has 1 aromatic heterocycles. The zero-order valence-corrected chi connectivity index (χ0v) is 9.42. The van der Waals surface area contributed by atoms with E-state index in [9.17, 15) is 13.2 Å². The summed E-state index contributed by atoms with van der Waals surface area (Å²) in [5, 5.41) is 3.63. The largest absolute Gasteiger partial charge is 0.435 e. The average Bonchev–Trinajstić information content (AvgIpc) is 2.56. The number of aromatic nitrogens is 2. The molecule has 3 nitrogen and oxygen atoms in total. The molecule has 2 aromatic rings. The fourth-order valence-electron chi connectivity index (χ4n) is 1.94. The van der Waals surface area contributed by atoms with Crippen molar-refractivity contribution in [1.29, 1.82) is 0 Å². The van der Waals surface area contributed by atoms with Crippen LogP contribution in [0.5, 0.6) is 0 Å². The second-order valence-electron chi connectivity index (χ2n) is 4.00. The van der Waals surface area contributed by atoms with E-state index >= 15 is 0 Å². The molecule has 2 N–H and O–H groups in total. The van der Waals surface area contributed by atoms with E-state index in [-0.39, 0.29) is 11.4 Å². The molecule has 2 rings (SSSR count). The SMILES string of the molecule is CC(N)c1cccc2c(C(F)(F)F)nn(C)c12. The second-order valence-corrected chi connectivity index (χ2v) is 4.00. The van der Waals surface area contributed by atoms with Gasteiger partial charge >= 0.3 is 6.18 Å². The molecule has 6 heteroatoms. The first-order valence-corrected chi connectivity index (χ1v) is 5.10. The number of hydrogen-bond donors (Lipinski definition) is 1. The zero-order chi connectivity index (χ0) is 12.8. The summed E-state index contributed by atoms with van der Waals surface area (Å²) in [7, 11) is 1.49. The summed E-state index contributed by atoms with van der Waals surface area (Å²) in [6.45, 7) is 1.73. The lowest BCUT2D eigenvalue weighted by molar-refractivity contribution is -0.140. The highest BCUT2D eigenvalue weighted by atomic mass is 19.4. The van der Waals surface area contributed by atoms with Crippen LogP contribution in [0.4, 0.5) is 13.2 Å². The molecular formula is C11H12F3N3. The predicted molar refractivity (Wildman–Crippen MR) is 58.3 cm³/mol. The Hall–Kier alpha value is -1.56. The summed E-state index contributed by atoms with van der Waals surface area (Å²) in [4.78, 5) is 0. The summed E-state index contributed by atoms with van der Waals surface area (Å²) in [6.07, 6.45) is -4.45. The maximum atomic E-state index is 12.8. The molecule has 0 aliphatic heterocycles. The third-order valence-corrected chi connectivity index (χ3v) is 2.66. The fraction of sp³-hybridized carbons (Fsp3) is 0.364. The van der Waals surface area contributed by atoms with Crippen LogP contribution in [0, 0.1) is 0 Å². The highest BCUT2D eigenvalue weighted by Gasteiger charge is 2.36. The lowest BCUT2D eigenvalue weighted by Gasteiger charge is -2.08. The Morgan fingerprint density at radius 3 is 2.53 bits per heavy atom. The summed E-state index contributed by atoms with van der Waals surface area (Å²) < 4.78 is 39.5. The van der Waals surface area contributed by atoms with E-state index in [2.05, 4.69) is 5.10 Å². The first-order valence-electron chi connectivity index (χ1n) is 5.10. The van der Waals surface area contributed by atoms with Gasteiger partial charge in [0.15, 0.2) is 5.69 Å². The average molecular weight is 243 g/mol. The van der Waals surface area contributed by atoms with E-state index in [1.165, 1.54) is 17.8 Å². The molecule has 0 fully saturated rings. The van der Waals surface area contributed by atoms with Gasteiger partial charge in [-0.05, 0) is 12.5 Å². The van der Waals surface area contributed by atoms with Crippen LogP contribution in [0.2, 0.25) is 0 Å². The van der Waals surface area contributed by atoms with Crippen LogP contribution in [-0.4, -0.2) is 9.78 Å². The predicted octanol–water partition coefficient (Wildman–Crippen LogP) is 2.61. The van der Waals surface area contributed by atoms with Crippen molar-refractivity contribution < 1.29 is 13.2 Å². The molecule has 0 amide bonds. The van der Waals surface area contributed by atoms with Crippen molar-refractivity contribution in [2.24, 2.45) is 12.8 Å². The summed E-state index contributed by atoms with van der Waals surface area (Å²) in [6, 6.07) is 4.36. The van der Waals surface area contributed by atoms with Crippen molar-refractivity contribution in [3.8, 4) is 0 Å². The van der Waals surface area contributed by atoms with Crippen LogP contribution in [0.15, 0.2) is 18.2 Å². The van der Waals surface area contributed by atoms with Crippen molar-refractivity contribution in [2.45, 2.75) is 19.1 Å². The van der Waals surface area contributed by atoms with E-state index < -0.39 is 11.9 Å². The highest BCUT2D eigenvalue weighted by Crippen LogP contribution is 2.35. The molecule has 0 spiro atoms. The Labute approximate surface area is 96.0 Å². The molecule has 0 bridgehead atoms. The van der Waals surface area contributed by atoms with Crippen molar-refractivity contribution >= 4 is 10.9 Å². The third kappa shape index (κ3) is 1.88. The summed E-state index contributed by atoms with van der Waals surface area (Å²) in [5.41, 5.74) is 5.98. The summed E-state index contributed by atoms with van der Waals surface area (Å²) >= 11 is 0. The number of aryl methyl sites for hydroxylation is 1. The van der Waals surface area contributed by atoms with Gasteiger partial charge in [0.2, 0.25) is 0 Å². The van der Waals surface area contributed by atoms with Crippen LogP contribution in [-0.2, 0) is 13.2 Å². The third-order valence-electron chi connectivity index (χ3n) is 2.66. The van der Waals surface area contributed by atoms with Gasteiger partial charge in [-0.25, -0.2) is 0 Å². The van der Waals surface area contributed by atoms with Crippen molar-refractivity contribution in [1.82, 2.24) is 9.78 Å². The van der Waals surface area contributed by atoms with Crippen LogP contribution in [0.25, 0.3) is 10.9 Å². The van der Waals surface area contributed by atoms with Crippen LogP contribution >= 0.6 is 0 Å². The minimum absolute atomic E-state index is 0.0924. The Bertz CT molecular complexity index is 555. The molecule has 0 saturated carbocycles. The van der Waals surface area contributed by atoms with E-state index in [1.807, 2.05) is 0 Å². The molecule has 92 valence electrons. The molecule has 0 aliphatic carbocycles. The fourth-order valence-corrected chi connectivity index (χ4v) is 1.94. The smallest absolute Gasteiger partial charge is 0.324 e. The Balaban J connectivity index is 2.82. The van der Waals surface area contributed by atoms with Gasteiger partial charge in [-0.15, -0.1) is 0 Å². The lowest BCUT2D eigenvalue weighted by atomic mass is 10.0. The first kappa shape index (κ1) is 11.9. The number of halogens is 3. The van der Waals surface area contributed by atoms with Crippen molar-refractivity contribution in [3.63, 3.8) is 0 Å². The van der Waals surface area contributed by atoms with Gasteiger partial charge in [-0.3, -0.25) is 4.68 Å². The second kappa shape index (κ2) is 3.73. The van der Waals surface area contributed by atoms with E-state index in [4.69, 9.17) is 5.73 Å². The Kier molecular flexibility index (Phi) is 2.61. The maximum absolute atomic E-state index is 12.8. The Morgan fingerprint density at radius 2 is 2.00 bits per heavy atom. The van der Waals surface area contributed by atoms with E-state index in [0.717, 1.165) is 0 Å². The molecule has 1 unspecified atom stereocenters. The molecular weight excluding hydrogens is 231 g/mol. The van der Waals surface area contributed by atoms with E-state index in [1.54, 1.807) is 19.1 Å². The van der Waals surface area contributed by atoms with Gasteiger partial charge in [0.05, 0.1) is 5.52 Å². The normalized spacial score (nSPS) is 14.2. The van der Waals surface area contributed by atoms with Gasteiger partial charge in [0.1, 0.15) is 0 Å². The summed E-state index contributed by atoms with van der Waals surface area (Å²) in [5.74, 6) is 0. The van der Waals surface area contributed by atoms with Gasteiger partial charge in [-0.1, -0.05) is 18.2 Å². The molecule has 1 heterocycles. The number of nitrogens with two attached hydrogens (primary N) is 1. The molecule has 0 aliphatic rings. The van der Waals surface area contributed by atoms with Gasteiger partial charge in [0.25, 0.3) is 0 Å². The number of hydrogen-bond acceptors (Lipinski definition) is 2. The minimum Gasteiger partial charge on any atom is -0.324 e. The van der Waals surface area contributed by atoms with E-state index in [0.29, 0.717) is 11.1 Å². The zero-order valence-electron chi connectivity index (χ0n) is 9.42. The quantitative estimate of drug-likeness (QED) is 0.836.